The fraction of sp³-hybridized carbons (Fsp3) is 0.160. The van der Waals surface area contributed by atoms with E-state index in [0.29, 0.717) is 34.8 Å². The second-order valence-electron chi connectivity index (χ2n) is 6.93. The molecule has 2 N–H and O–H groups in total. The van der Waals surface area contributed by atoms with Gasteiger partial charge in [0, 0.05) is 12.1 Å². The number of likely N-dealkylation sites (N-methyl/N-ethyl adjacent to an activating group) is 1. The van der Waals surface area contributed by atoms with Gasteiger partial charge in [0.05, 0.1) is 24.0 Å². The highest BCUT2D eigenvalue weighted by molar-refractivity contribution is 6.09. The van der Waals surface area contributed by atoms with Crippen LogP contribution in [0.2, 0.25) is 0 Å². The molecule has 0 bridgehead atoms. The fourth-order valence-electron chi connectivity index (χ4n) is 3.17. The van der Waals surface area contributed by atoms with E-state index in [9.17, 15) is 14.4 Å². The Morgan fingerprint density at radius 2 is 1.44 bits per heavy atom. The quantitative estimate of drug-likeness (QED) is 0.563. The van der Waals surface area contributed by atoms with Gasteiger partial charge >= 0.3 is 0 Å². The van der Waals surface area contributed by atoms with Crippen molar-refractivity contribution in [3.8, 4) is 5.75 Å². The Bertz CT molecular complexity index is 1100. The number of hydrogen-bond donors (Lipinski definition) is 2. The monoisotopic (exact) mass is 431 g/mol. The first kappa shape index (κ1) is 22.6. The molecule has 3 aromatic carbocycles. The predicted molar refractivity (Wildman–Crippen MR) is 124 cm³/mol. The minimum absolute atomic E-state index is 0.144. The molecule has 0 aromatic heterocycles. The minimum Gasteiger partial charge on any atom is -0.495 e. The Balaban J connectivity index is 1.74. The molecular weight excluding hydrogens is 406 g/mol. The number of carbonyl (C=O) groups excluding carboxylic acids is 3. The predicted octanol–water partition coefficient (Wildman–Crippen LogP) is 4.05. The molecule has 3 aromatic rings. The van der Waals surface area contributed by atoms with Crippen LogP contribution in [-0.2, 0) is 4.79 Å². The molecule has 7 heteroatoms. The summed E-state index contributed by atoms with van der Waals surface area (Å²) in [7, 11) is 1.52. The van der Waals surface area contributed by atoms with Gasteiger partial charge in [0.1, 0.15) is 12.3 Å². The Morgan fingerprint density at radius 3 is 2.12 bits per heavy atom. The van der Waals surface area contributed by atoms with Crippen LogP contribution in [0, 0.1) is 0 Å². The lowest BCUT2D eigenvalue weighted by Crippen LogP contribution is -2.38. The number of rotatable bonds is 8. The van der Waals surface area contributed by atoms with Crippen molar-refractivity contribution in [1.82, 2.24) is 4.90 Å². The maximum absolute atomic E-state index is 13.2. The molecule has 164 valence electrons. The molecule has 0 spiro atoms. The normalized spacial score (nSPS) is 10.2. The van der Waals surface area contributed by atoms with Gasteiger partial charge in [-0.25, -0.2) is 0 Å². The summed E-state index contributed by atoms with van der Waals surface area (Å²) in [6.07, 6.45) is 0. The fourth-order valence-corrected chi connectivity index (χ4v) is 3.17. The SMILES string of the molecule is CCN(CC(=O)Nc1ccccc1OC)C(=O)c1ccccc1NC(=O)c1ccccc1. The maximum Gasteiger partial charge on any atom is 0.256 e. The molecule has 0 saturated heterocycles. The number of amides is 3. The summed E-state index contributed by atoms with van der Waals surface area (Å²) in [5.74, 6) is -0.492. The van der Waals surface area contributed by atoms with E-state index < -0.39 is 0 Å². The molecule has 7 nitrogen and oxygen atoms in total. The average Bonchev–Trinajstić information content (AvgIpc) is 2.83. The second-order valence-corrected chi connectivity index (χ2v) is 6.93. The first-order chi connectivity index (χ1) is 15.5. The summed E-state index contributed by atoms with van der Waals surface area (Å²) in [5, 5.41) is 5.56. The van der Waals surface area contributed by atoms with E-state index in [1.54, 1.807) is 79.7 Å². The summed E-state index contributed by atoms with van der Waals surface area (Å²) in [4.78, 5) is 39.8. The van der Waals surface area contributed by atoms with E-state index >= 15 is 0 Å². The van der Waals surface area contributed by atoms with E-state index in [0.717, 1.165) is 0 Å². The molecule has 0 atom stereocenters. The van der Waals surface area contributed by atoms with E-state index in [4.69, 9.17) is 4.74 Å². The van der Waals surface area contributed by atoms with E-state index in [-0.39, 0.29) is 24.3 Å². The van der Waals surface area contributed by atoms with Gasteiger partial charge in [0.2, 0.25) is 5.91 Å². The smallest absolute Gasteiger partial charge is 0.256 e. The molecule has 0 fully saturated rings. The Kier molecular flexibility index (Phi) is 7.59. The first-order valence-electron chi connectivity index (χ1n) is 10.2. The van der Waals surface area contributed by atoms with Gasteiger partial charge in [-0.1, -0.05) is 42.5 Å². The van der Waals surface area contributed by atoms with Gasteiger partial charge in [-0.05, 0) is 43.3 Å². The highest BCUT2D eigenvalue weighted by atomic mass is 16.5. The molecule has 0 aliphatic carbocycles. The zero-order valence-electron chi connectivity index (χ0n) is 18.0. The third kappa shape index (κ3) is 5.51. The first-order valence-corrected chi connectivity index (χ1v) is 10.2. The van der Waals surface area contributed by atoms with Crippen LogP contribution in [0.5, 0.6) is 5.75 Å². The molecule has 3 rings (SSSR count). The largest absolute Gasteiger partial charge is 0.495 e. The van der Waals surface area contributed by atoms with Crippen LogP contribution in [0.25, 0.3) is 0 Å². The third-order valence-electron chi connectivity index (χ3n) is 4.83. The van der Waals surface area contributed by atoms with Crippen LogP contribution in [0.1, 0.15) is 27.6 Å². The lowest BCUT2D eigenvalue weighted by atomic mass is 10.1. The number of carbonyl (C=O) groups is 3. The van der Waals surface area contributed by atoms with Crippen molar-refractivity contribution < 1.29 is 19.1 Å². The van der Waals surface area contributed by atoms with Gasteiger partial charge < -0.3 is 20.3 Å². The average molecular weight is 431 g/mol. The third-order valence-corrected chi connectivity index (χ3v) is 4.83. The van der Waals surface area contributed by atoms with Crippen LogP contribution in [-0.4, -0.2) is 42.8 Å². The lowest BCUT2D eigenvalue weighted by molar-refractivity contribution is -0.116. The minimum atomic E-state index is -0.355. The van der Waals surface area contributed by atoms with Crippen LogP contribution in [0.4, 0.5) is 11.4 Å². The Morgan fingerprint density at radius 1 is 0.812 bits per heavy atom. The molecule has 0 radical (unpaired) electrons. The molecule has 0 saturated carbocycles. The lowest BCUT2D eigenvalue weighted by Gasteiger charge is -2.22. The molecular formula is C25H25N3O4. The van der Waals surface area contributed by atoms with Gasteiger partial charge in [-0.3, -0.25) is 14.4 Å². The summed E-state index contributed by atoms with van der Waals surface area (Å²) in [5.41, 5.74) is 1.70. The maximum atomic E-state index is 13.2. The number of nitrogens with one attached hydrogen (secondary N) is 2. The molecule has 0 aliphatic rings. The van der Waals surface area contributed by atoms with Crippen molar-refractivity contribution in [1.29, 1.82) is 0 Å². The topological polar surface area (TPSA) is 87.7 Å². The van der Waals surface area contributed by atoms with Crippen molar-refractivity contribution >= 4 is 29.1 Å². The van der Waals surface area contributed by atoms with E-state index in [2.05, 4.69) is 10.6 Å². The number of ether oxygens (including phenoxy) is 1. The number of hydrogen-bond acceptors (Lipinski definition) is 4. The molecule has 3 amide bonds. The standard InChI is InChI=1S/C25H25N3O4/c1-3-28(17-23(29)26-21-15-9-10-16-22(21)32-2)25(31)19-13-7-8-14-20(19)27-24(30)18-11-5-4-6-12-18/h4-16H,3,17H2,1-2H3,(H,26,29)(H,27,30). The second kappa shape index (κ2) is 10.8. The van der Waals surface area contributed by atoms with Crippen LogP contribution in [0.15, 0.2) is 78.9 Å². The zero-order valence-corrected chi connectivity index (χ0v) is 18.0. The summed E-state index contributed by atoms with van der Waals surface area (Å²) < 4.78 is 5.25. The summed E-state index contributed by atoms with van der Waals surface area (Å²) >= 11 is 0. The summed E-state index contributed by atoms with van der Waals surface area (Å²) in [6, 6.07) is 22.5. The number of anilines is 2. The number of benzene rings is 3. The Hall–Kier alpha value is -4.13. The van der Waals surface area contributed by atoms with Crippen molar-refractivity contribution in [3.63, 3.8) is 0 Å². The van der Waals surface area contributed by atoms with E-state index in [1.807, 2.05) is 6.07 Å². The van der Waals surface area contributed by atoms with Gasteiger partial charge in [0.25, 0.3) is 11.8 Å². The van der Waals surface area contributed by atoms with Crippen molar-refractivity contribution in [2.45, 2.75) is 6.92 Å². The highest BCUT2D eigenvalue weighted by Gasteiger charge is 2.21. The molecule has 0 aliphatic heterocycles. The molecule has 32 heavy (non-hydrogen) atoms. The zero-order chi connectivity index (χ0) is 22.9. The highest BCUT2D eigenvalue weighted by Crippen LogP contribution is 2.23. The molecule has 0 unspecified atom stereocenters. The number of methoxy groups -OCH3 is 1. The number of nitrogens with zero attached hydrogens (tertiary/aromatic N) is 1. The van der Waals surface area contributed by atoms with Crippen molar-refractivity contribution in [2.24, 2.45) is 0 Å². The Labute approximate surface area is 187 Å². The van der Waals surface area contributed by atoms with Crippen LogP contribution in [0.3, 0.4) is 0 Å². The van der Waals surface area contributed by atoms with Crippen LogP contribution >= 0.6 is 0 Å². The van der Waals surface area contributed by atoms with Crippen molar-refractivity contribution in [2.75, 3.05) is 30.8 Å². The van der Waals surface area contributed by atoms with Gasteiger partial charge in [-0.2, -0.15) is 0 Å². The van der Waals surface area contributed by atoms with E-state index in [1.165, 1.54) is 12.0 Å². The van der Waals surface area contributed by atoms with Crippen LogP contribution < -0.4 is 15.4 Å². The van der Waals surface area contributed by atoms with Gasteiger partial charge in [-0.15, -0.1) is 0 Å². The van der Waals surface area contributed by atoms with Crippen molar-refractivity contribution in [3.05, 3.63) is 90.0 Å². The van der Waals surface area contributed by atoms with Gasteiger partial charge in [0.15, 0.2) is 0 Å². The number of para-hydroxylation sites is 3. The summed E-state index contributed by atoms with van der Waals surface area (Å²) in [6.45, 7) is 1.97. The molecule has 0 heterocycles.